The van der Waals surface area contributed by atoms with Crippen LogP contribution in [0.2, 0.25) is 0 Å². The second kappa shape index (κ2) is 5.06. The molecule has 0 saturated carbocycles. The number of amides is 1. The number of halogens is 1. The van der Waals surface area contributed by atoms with E-state index >= 15 is 0 Å². The average molecular weight is 271 g/mol. The third kappa shape index (κ3) is 3.29. The third-order valence-corrected chi connectivity index (χ3v) is 4.79. The van der Waals surface area contributed by atoms with Crippen LogP contribution in [0.4, 0.5) is 10.1 Å². The van der Waals surface area contributed by atoms with E-state index < -0.39 is 15.7 Å². The largest absolute Gasteiger partial charge is 0.324 e. The Morgan fingerprint density at radius 3 is 2.72 bits per heavy atom. The van der Waals surface area contributed by atoms with Gasteiger partial charge in [0.1, 0.15) is 5.82 Å². The second-order valence-electron chi connectivity index (χ2n) is 4.50. The van der Waals surface area contributed by atoms with Crippen molar-refractivity contribution >= 4 is 21.4 Å². The number of hydrogen-bond acceptors (Lipinski definition) is 3. The fraction of sp³-hybridized carbons (Fsp3) is 0.417. The van der Waals surface area contributed by atoms with Crippen molar-refractivity contribution in [2.45, 2.75) is 12.8 Å². The average Bonchev–Trinajstić information content (AvgIpc) is 2.61. The Labute approximate surface area is 105 Å². The van der Waals surface area contributed by atoms with Gasteiger partial charge in [0.25, 0.3) is 0 Å². The quantitative estimate of drug-likeness (QED) is 0.908. The van der Waals surface area contributed by atoms with E-state index in [0.29, 0.717) is 6.42 Å². The summed E-state index contributed by atoms with van der Waals surface area (Å²) in [5.41, 5.74) is 0.128. The molecule has 1 aliphatic rings. The van der Waals surface area contributed by atoms with Gasteiger partial charge in [0.15, 0.2) is 9.84 Å². The number of rotatable bonds is 3. The lowest BCUT2D eigenvalue weighted by atomic mass is 10.1. The van der Waals surface area contributed by atoms with Gasteiger partial charge in [-0.05, 0) is 24.5 Å². The summed E-state index contributed by atoms with van der Waals surface area (Å²) in [6.45, 7) is 0. The maximum Gasteiger partial charge on any atom is 0.224 e. The van der Waals surface area contributed by atoms with Gasteiger partial charge in [-0.15, -0.1) is 0 Å². The first-order valence-corrected chi connectivity index (χ1v) is 7.53. The SMILES string of the molecule is O=C(C[C@@H]1CCS(=O)(=O)C1)Nc1ccccc1F. The van der Waals surface area contributed by atoms with Crippen LogP contribution in [0.25, 0.3) is 0 Å². The van der Waals surface area contributed by atoms with Crippen LogP contribution in [0.3, 0.4) is 0 Å². The monoisotopic (exact) mass is 271 g/mol. The molecule has 0 unspecified atom stereocenters. The Balaban J connectivity index is 1.92. The molecule has 1 saturated heterocycles. The van der Waals surface area contributed by atoms with Gasteiger partial charge < -0.3 is 5.32 Å². The van der Waals surface area contributed by atoms with Crippen LogP contribution in [-0.4, -0.2) is 25.8 Å². The topological polar surface area (TPSA) is 63.2 Å². The van der Waals surface area contributed by atoms with E-state index in [2.05, 4.69) is 5.32 Å². The zero-order valence-corrected chi connectivity index (χ0v) is 10.5. The molecule has 4 nitrogen and oxygen atoms in total. The molecule has 1 N–H and O–H groups in total. The summed E-state index contributed by atoms with van der Waals surface area (Å²) in [7, 11) is -2.98. The number of nitrogens with one attached hydrogen (secondary N) is 1. The van der Waals surface area contributed by atoms with E-state index in [4.69, 9.17) is 0 Å². The number of hydrogen-bond donors (Lipinski definition) is 1. The van der Waals surface area contributed by atoms with Crippen LogP contribution < -0.4 is 5.32 Å². The molecule has 1 aromatic rings. The molecule has 0 aliphatic carbocycles. The molecule has 1 heterocycles. The maximum atomic E-state index is 13.3. The van der Waals surface area contributed by atoms with Crippen LogP contribution in [0.15, 0.2) is 24.3 Å². The van der Waals surface area contributed by atoms with E-state index in [9.17, 15) is 17.6 Å². The van der Waals surface area contributed by atoms with E-state index in [0.717, 1.165) is 0 Å². The van der Waals surface area contributed by atoms with Gasteiger partial charge in [-0.2, -0.15) is 0 Å². The Morgan fingerprint density at radius 1 is 1.39 bits per heavy atom. The van der Waals surface area contributed by atoms with Crippen molar-refractivity contribution in [2.75, 3.05) is 16.8 Å². The zero-order chi connectivity index (χ0) is 13.2. The van der Waals surface area contributed by atoms with E-state index in [1.807, 2.05) is 0 Å². The first kappa shape index (κ1) is 13.0. The number of benzene rings is 1. The van der Waals surface area contributed by atoms with Crippen molar-refractivity contribution in [3.05, 3.63) is 30.1 Å². The normalized spacial score (nSPS) is 21.7. The molecular formula is C12H14FNO3S. The predicted molar refractivity (Wildman–Crippen MR) is 66.4 cm³/mol. The summed E-state index contributed by atoms with van der Waals surface area (Å²) in [5, 5.41) is 2.46. The summed E-state index contributed by atoms with van der Waals surface area (Å²) in [5.74, 6) is -0.795. The minimum atomic E-state index is -2.98. The first-order valence-electron chi connectivity index (χ1n) is 5.71. The highest BCUT2D eigenvalue weighted by Crippen LogP contribution is 2.22. The standard InChI is InChI=1S/C12H14FNO3S/c13-10-3-1-2-4-11(10)14-12(15)7-9-5-6-18(16,17)8-9/h1-4,9H,5-8H2,(H,14,15)/t9-/m0/s1. The number of sulfone groups is 1. The van der Waals surface area contributed by atoms with Gasteiger partial charge in [0, 0.05) is 6.42 Å². The molecule has 18 heavy (non-hydrogen) atoms. The first-order chi connectivity index (χ1) is 8.46. The number of carbonyl (C=O) groups is 1. The maximum absolute atomic E-state index is 13.3. The van der Waals surface area contributed by atoms with Crippen LogP contribution >= 0.6 is 0 Å². The van der Waals surface area contributed by atoms with Crippen molar-refractivity contribution in [3.63, 3.8) is 0 Å². The second-order valence-corrected chi connectivity index (χ2v) is 6.73. The molecular weight excluding hydrogens is 257 g/mol. The number of carbonyl (C=O) groups excluding carboxylic acids is 1. The van der Waals surface area contributed by atoms with Gasteiger partial charge in [-0.1, -0.05) is 12.1 Å². The molecule has 0 spiro atoms. The Hall–Kier alpha value is -1.43. The molecule has 0 radical (unpaired) electrons. The van der Waals surface area contributed by atoms with Crippen LogP contribution in [0.1, 0.15) is 12.8 Å². The fourth-order valence-corrected chi connectivity index (χ4v) is 3.92. The highest BCUT2D eigenvalue weighted by atomic mass is 32.2. The van der Waals surface area contributed by atoms with Crippen molar-refractivity contribution in [1.82, 2.24) is 0 Å². The highest BCUT2D eigenvalue weighted by Gasteiger charge is 2.29. The number of para-hydroxylation sites is 1. The molecule has 1 atom stereocenters. The number of anilines is 1. The van der Waals surface area contributed by atoms with Gasteiger partial charge in [-0.25, -0.2) is 12.8 Å². The van der Waals surface area contributed by atoms with E-state index in [-0.39, 0.29) is 35.4 Å². The molecule has 0 bridgehead atoms. The van der Waals surface area contributed by atoms with Crippen LogP contribution in [0, 0.1) is 11.7 Å². The van der Waals surface area contributed by atoms with Crippen LogP contribution in [-0.2, 0) is 14.6 Å². The van der Waals surface area contributed by atoms with Crippen LogP contribution in [0.5, 0.6) is 0 Å². The van der Waals surface area contributed by atoms with Gasteiger partial charge in [-0.3, -0.25) is 4.79 Å². The highest BCUT2D eigenvalue weighted by molar-refractivity contribution is 7.91. The molecule has 98 valence electrons. The van der Waals surface area contributed by atoms with E-state index in [1.165, 1.54) is 18.2 Å². The summed E-state index contributed by atoms with van der Waals surface area (Å²) < 4.78 is 35.8. The molecule has 6 heteroatoms. The fourth-order valence-electron chi connectivity index (χ4n) is 2.06. The third-order valence-electron chi connectivity index (χ3n) is 2.95. The molecule has 1 aliphatic heterocycles. The summed E-state index contributed by atoms with van der Waals surface area (Å²) >= 11 is 0. The lowest BCUT2D eigenvalue weighted by Crippen LogP contribution is -2.18. The predicted octanol–water partition coefficient (Wildman–Crippen LogP) is 1.59. The minimum absolute atomic E-state index is 0.0533. The lowest BCUT2D eigenvalue weighted by molar-refractivity contribution is -0.116. The van der Waals surface area contributed by atoms with Crippen molar-refractivity contribution in [2.24, 2.45) is 5.92 Å². The van der Waals surface area contributed by atoms with Gasteiger partial charge >= 0.3 is 0 Å². The van der Waals surface area contributed by atoms with Gasteiger partial charge in [0.2, 0.25) is 5.91 Å². The van der Waals surface area contributed by atoms with Crippen molar-refractivity contribution in [1.29, 1.82) is 0 Å². The Bertz CT molecular complexity index is 556. The molecule has 2 rings (SSSR count). The summed E-state index contributed by atoms with van der Waals surface area (Å²) in [6, 6.07) is 5.89. The van der Waals surface area contributed by atoms with Gasteiger partial charge in [0.05, 0.1) is 17.2 Å². The van der Waals surface area contributed by atoms with Crippen molar-refractivity contribution in [3.8, 4) is 0 Å². The van der Waals surface area contributed by atoms with E-state index in [1.54, 1.807) is 6.07 Å². The molecule has 0 aromatic heterocycles. The molecule has 1 fully saturated rings. The smallest absolute Gasteiger partial charge is 0.224 e. The summed E-state index contributed by atoms with van der Waals surface area (Å²) in [4.78, 5) is 11.7. The van der Waals surface area contributed by atoms with Crippen molar-refractivity contribution < 1.29 is 17.6 Å². The Kier molecular flexibility index (Phi) is 3.65. The molecule has 1 aromatic carbocycles. The minimum Gasteiger partial charge on any atom is -0.324 e. The Morgan fingerprint density at radius 2 is 2.11 bits per heavy atom. The lowest BCUT2D eigenvalue weighted by Gasteiger charge is -2.09. The molecule has 1 amide bonds. The summed E-state index contributed by atoms with van der Waals surface area (Å²) in [6.07, 6.45) is 0.626. The zero-order valence-electron chi connectivity index (χ0n) is 9.73.